The Morgan fingerprint density at radius 3 is 1.86 bits per heavy atom. The Morgan fingerprint density at radius 1 is 0.810 bits per heavy atom. The fourth-order valence-electron chi connectivity index (χ4n) is 2.88. The molecule has 3 nitrogen and oxygen atoms in total. The Hall–Kier alpha value is -1.84. The molecule has 0 bridgehead atoms. The SMILES string of the molecule is O[C@H]1CCCC[C@@H]1NN(c1ccccc1)c1ccccc1. The molecule has 21 heavy (non-hydrogen) atoms. The zero-order valence-corrected chi connectivity index (χ0v) is 12.2. The van der Waals surface area contributed by atoms with Crippen molar-refractivity contribution in [2.75, 3.05) is 5.01 Å². The van der Waals surface area contributed by atoms with Crippen molar-refractivity contribution in [2.45, 2.75) is 37.8 Å². The number of nitrogens with zero attached hydrogens (tertiary/aromatic N) is 1. The van der Waals surface area contributed by atoms with Gasteiger partial charge in [0.2, 0.25) is 0 Å². The molecular formula is C18H22N2O. The van der Waals surface area contributed by atoms with Crippen molar-refractivity contribution >= 4 is 11.4 Å². The van der Waals surface area contributed by atoms with Gasteiger partial charge in [-0.15, -0.1) is 0 Å². The second-order valence-electron chi connectivity index (χ2n) is 5.59. The molecule has 0 radical (unpaired) electrons. The zero-order chi connectivity index (χ0) is 14.5. The third-order valence-corrected chi connectivity index (χ3v) is 4.05. The van der Waals surface area contributed by atoms with Crippen molar-refractivity contribution in [1.82, 2.24) is 5.43 Å². The minimum Gasteiger partial charge on any atom is -0.391 e. The van der Waals surface area contributed by atoms with Crippen LogP contribution in [0, 0.1) is 0 Å². The van der Waals surface area contributed by atoms with Crippen LogP contribution in [0.5, 0.6) is 0 Å². The number of anilines is 2. The minimum absolute atomic E-state index is 0.110. The zero-order valence-electron chi connectivity index (χ0n) is 12.2. The van der Waals surface area contributed by atoms with Gasteiger partial charge in [0.25, 0.3) is 0 Å². The molecule has 0 heterocycles. The van der Waals surface area contributed by atoms with Crippen molar-refractivity contribution in [3.63, 3.8) is 0 Å². The number of benzene rings is 2. The van der Waals surface area contributed by atoms with Crippen molar-refractivity contribution in [3.05, 3.63) is 60.7 Å². The molecule has 1 aliphatic carbocycles. The highest BCUT2D eigenvalue weighted by atomic mass is 16.3. The van der Waals surface area contributed by atoms with Crippen LogP contribution in [0.15, 0.2) is 60.7 Å². The summed E-state index contributed by atoms with van der Waals surface area (Å²) >= 11 is 0. The summed E-state index contributed by atoms with van der Waals surface area (Å²) in [5.41, 5.74) is 5.69. The molecule has 110 valence electrons. The van der Waals surface area contributed by atoms with Crippen molar-refractivity contribution < 1.29 is 5.11 Å². The lowest BCUT2D eigenvalue weighted by Crippen LogP contribution is -2.49. The van der Waals surface area contributed by atoms with E-state index in [0.29, 0.717) is 0 Å². The monoisotopic (exact) mass is 282 g/mol. The van der Waals surface area contributed by atoms with Crippen LogP contribution in [0.1, 0.15) is 25.7 Å². The highest BCUT2D eigenvalue weighted by Crippen LogP contribution is 2.26. The molecule has 3 rings (SSSR count). The molecule has 0 spiro atoms. The lowest BCUT2D eigenvalue weighted by molar-refractivity contribution is 0.0912. The van der Waals surface area contributed by atoms with Crippen LogP contribution in [0.2, 0.25) is 0 Å². The quantitative estimate of drug-likeness (QED) is 0.841. The lowest BCUT2D eigenvalue weighted by Gasteiger charge is -2.35. The molecule has 3 heteroatoms. The second kappa shape index (κ2) is 6.74. The Kier molecular flexibility index (Phi) is 4.53. The van der Waals surface area contributed by atoms with Crippen LogP contribution in [-0.4, -0.2) is 17.3 Å². The molecule has 0 unspecified atom stereocenters. The van der Waals surface area contributed by atoms with E-state index in [2.05, 4.69) is 34.7 Å². The van der Waals surface area contributed by atoms with Crippen LogP contribution in [-0.2, 0) is 0 Å². The molecule has 0 saturated heterocycles. The molecule has 0 amide bonds. The number of nitrogens with one attached hydrogen (secondary N) is 1. The van der Waals surface area contributed by atoms with Crippen molar-refractivity contribution in [1.29, 1.82) is 0 Å². The van der Waals surface area contributed by atoms with Gasteiger partial charge in [-0.05, 0) is 37.1 Å². The summed E-state index contributed by atoms with van der Waals surface area (Å²) in [6.07, 6.45) is 3.92. The lowest BCUT2D eigenvalue weighted by atomic mass is 9.93. The standard InChI is InChI=1S/C18H22N2O/c21-18-14-8-7-13-17(18)19-20(15-9-3-1-4-10-15)16-11-5-2-6-12-16/h1-6,9-12,17-19,21H,7-8,13-14H2/t17-,18-/m0/s1. The second-order valence-corrected chi connectivity index (χ2v) is 5.59. The summed E-state index contributed by atoms with van der Waals surface area (Å²) in [4.78, 5) is 0. The number of aliphatic hydroxyl groups is 1. The van der Waals surface area contributed by atoms with Gasteiger partial charge < -0.3 is 5.11 Å². The summed E-state index contributed by atoms with van der Waals surface area (Å²) in [7, 11) is 0. The van der Waals surface area contributed by atoms with Gasteiger partial charge in [0.1, 0.15) is 0 Å². The van der Waals surface area contributed by atoms with Gasteiger partial charge in [0, 0.05) is 0 Å². The highest BCUT2D eigenvalue weighted by Gasteiger charge is 2.25. The van der Waals surface area contributed by atoms with Crippen LogP contribution in [0.3, 0.4) is 0 Å². The van der Waals surface area contributed by atoms with Gasteiger partial charge in [-0.25, -0.2) is 5.43 Å². The average molecular weight is 282 g/mol. The normalized spacial score (nSPS) is 22.0. The third kappa shape index (κ3) is 3.43. The molecule has 1 aliphatic rings. The van der Waals surface area contributed by atoms with Crippen LogP contribution >= 0.6 is 0 Å². The first-order chi connectivity index (χ1) is 10.3. The maximum absolute atomic E-state index is 10.2. The van der Waals surface area contributed by atoms with Gasteiger partial charge in [0.05, 0.1) is 23.5 Å². The summed E-state index contributed by atoms with van der Waals surface area (Å²) in [6, 6.07) is 20.6. The predicted octanol–water partition coefficient (Wildman–Crippen LogP) is 3.63. The van der Waals surface area contributed by atoms with E-state index in [1.165, 1.54) is 6.42 Å². The van der Waals surface area contributed by atoms with E-state index >= 15 is 0 Å². The molecule has 0 aromatic heterocycles. The number of hydrogen-bond donors (Lipinski definition) is 2. The molecular weight excluding hydrogens is 260 g/mol. The summed E-state index contributed by atoms with van der Waals surface area (Å²) in [6.45, 7) is 0. The summed E-state index contributed by atoms with van der Waals surface area (Å²) in [5, 5.41) is 12.3. The number of aliphatic hydroxyl groups excluding tert-OH is 1. The Labute approximate surface area is 126 Å². The largest absolute Gasteiger partial charge is 0.391 e. The van der Waals surface area contributed by atoms with Crippen LogP contribution in [0.25, 0.3) is 0 Å². The first-order valence-electron chi connectivity index (χ1n) is 7.69. The van der Waals surface area contributed by atoms with E-state index in [1.54, 1.807) is 0 Å². The minimum atomic E-state index is -0.270. The van der Waals surface area contributed by atoms with E-state index < -0.39 is 0 Å². The Bertz CT molecular complexity index is 504. The van der Waals surface area contributed by atoms with Crippen LogP contribution < -0.4 is 10.4 Å². The van der Waals surface area contributed by atoms with E-state index in [4.69, 9.17) is 0 Å². The third-order valence-electron chi connectivity index (χ3n) is 4.05. The topological polar surface area (TPSA) is 35.5 Å². The first kappa shape index (κ1) is 14.1. The molecule has 2 aromatic rings. The molecule has 0 aliphatic heterocycles. The van der Waals surface area contributed by atoms with Gasteiger partial charge in [-0.2, -0.15) is 0 Å². The van der Waals surface area contributed by atoms with E-state index in [1.807, 2.05) is 36.4 Å². The van der Waals surface area contributed by atoms with E-state index in [0.717, 1.165) is 30.6 Å². The fourth-order valence-corrected chi connectivity index (χ4v) is 2.88. The highest BCUT2D eigenvalue weighted by molar-refractivity contribution is 5.61. The van der Waals surface area contributed by atoms with Gasteiger partial charge >= 0.3 is 0 Å². The molecule has 2 aromatic carbocycles. The van der Waals surface area contributed by atoms with E-state index in [9.17, 15) is 5.11 Å². The first-order valence-corrected chi connectivity index (χ1v) is 7.69. The van der Waals surface area contributed by atoms with E-state index in [-0.39, 0.29) is 12.1 Å². The molecule has 2 N–H and O–H groups in total. The number of rotatable bonds is 4. The molecule has 1 fully saturated rings. The maximum Gasteiger partial charge on any atom is 0.0711 e. The van der Waals surface area contributed by atoms with Crippen LogP contribution in [0.4, 0.5) is 11.4 Å². The summed E-state index contributed by atoms with van der Waals surface area (Å²) < 4.78 is 0. The van der Waals surface area contributed by atoms with Gasteiger partial charge in [-0.3, -0.25) is 5.01 Å². The maximum atomic E-state index is 10.2. The van der Waals surface area contributed by atoms with Crippen molar-refractivity contribution in [2.24, 2.45) is 0 Å². The average Bonchev–Trinajstić information content (AvgIpc) is 2.56. The fraction of sp³-hybridized carbons (Fsp3) is 0.333. The van der Waals surface area contributed by atoms with Gasteiger partial charge in [-0.1, -0.05) is 49.2 Å². The Balaban J connectivity index is 1.86. The predicted molar refractivity (Wildman–Crippen MR) is 86.4 cm³/mol. The number of hydrazine groups is 1. The van der Waals surface area contributed by atoms with Gasteiger partial charge in [0.15, 0.2) is 0 Å². The number of para-hydroxylation sites is 2. The number of hydrogen-bond acceptors (Lipinski definition) is 3. The molecule has 1 saturated carbocycles. The Morgan fingerprint density at radius 2 is 1.33 bits per heavy atom. The van der Waals surface area contributed by atoms with Crippen molar-refractivity contribution in [3.8, 4) is 0 Å². The molecule has 2 atom stereocenters. The smallest absolute Gasteiger partial charge is 0.0711 e. The summed E-state index contributed by atoms with van der Waals surface area (Å²) in [5.74, 6) is 0.